The van der Waals surface area contributed by atoms with Gasteiger partial charge in [-0.2, -0.15) is 0 Å². The maximum Gasteiger partial charge on any atom is 1.00 e. The van der Waals surface area contributed by atoms with E-state index in [9.17, 15) is 22.9 Å². The van der Waals surface area contributed by atoms with Gasteiger partial charge in [0.2, 0.25) is 0 Å². The Labute approximate surface area is 138 Å². The second kappa shape index (κ2) is 7.84. The molecule has 0 saturated heterocycles. The van der Waals surface area contributed by atoms with Gasteiger partial charge in [0.1, 0.15) is 15.4 Å². The molecule has 0 aliphatic carbocycles. The molecule has 0 N–H and O–H groups in total. The molecule has 76 valence electrons. The van der Waals surface area contributed by atoms with Gasteiger partial charge in [0, 0.05) is 0 Å². The number of carbonyl (C=O) groups is 1. The van der Waals surface area contributed by atoms with Crippen LogP contribution < -0.4 is 64.2 Å². The molecule has 16 heavy (non-hydrogen) atoms. The van der Waals surface area contributed by atoms with Crippen LogP contribution in [0.15, 0.2) is 30.3 Å². The first kappa shape index (κ1) is 19.0. The third-order valence-electron chi connectivity index (χ3n) is 1.61. The van der Waals surface area contributed by atoms with E-state index in [-0.39, 0.29) is 64.7 Å². The number of hydrogen-bond donors (Lipinski definition) is 0. The molecule has 0 heterocycles. The molecule has 0 aromatic heterocycles. The van der Waals surface area contributed by atoms with Crippen molar-refractivity contribution < 1.29 is 82.0 Å². The smallest absolute Gasteiger partial charge is 0.747 e. The summed E-state index contributed by atoms with van der Waals surface area (Å²) in [6, 6.07) is 6.95. The summed E-state index contributed by atoms with van der Waals surface area (Å²) in [4.78, 5) is 10.5. The first-order chi connectivity index (χ1) is 6.43. The van der Waals surface area contributed by atoms with Crippen LogP contribution in [0.5, 0.6) is 0 Å². The largest absolute Gasteiger partial charge is 1.00 e. The monoisotopic (exact) mass is 260 g/mol. The molecule has 5 nitrogen and oxygen atoms in total. The maximum absolute atomic E-state index is 10.6. The van der Waals surface area contributed by atoms with Crippen molar-refractivity contribution in [3.63, 3.8) is 0 Å². The van der Waals surface area contributed by atoms with Crippen LogP contribution in [0.4, 0.5) is 0 Å². The number of aliphatic carboxylic acids is 1. The average molecular weight is 260 g/mol. The Morgan fingerprint density at radius 1 is 1.12 bits per heavy atom. The Morgan fingerprint density at radius 2 is 1.56 bits per heavy atom. The van der Waals surface area contributed by atoms with E-state index >= 15 is 0 Å². The van der Waals surface area contributed by atoms with Gasteiger partial charge in [0.25, 0.3) is 0 Å². The predicted octanol–water partition coefficient (Wildman–Crippen LogP) is -6.97. The third-order valence-corrected chi connectivity index (χ3v) is 2.65. The second-order valence-electron chi connectivity index (χ2n) is 2.60. The van der Waals surface area contributed by atoms with Crippen LogP contribution in [0, 0.1) is 0 Å². The number of carboxylic acids is 1. The topological polar surface area (TPSA) is 97.3 Å². The molecule has 1 aromatic rings. The van der Waals surface area contributed by atoms with E-state index in [1.165, 1.54) is 24.3 Å². The average Bonchev–Trinajstić information content (AvgIpc) is 2.02. The van der Waals surface area contributed by atoms with Crippen LogP contribution >= 0.6 is 0 Å². The fourth-order valence-electron chi connectivity index (χ4n) is 1.05. The molecule has 0 bridgehead atoms. The van der Waals surface area contributed by atoms with Crippen molar-refractivity contribution in [2.75, 3.05) is 0 Å². The molecule has 0 amide bonds. The molecule has 1 unspecified atom stereocenters. The second-order valence-corrected chi connectivity index (χ2v) is 4.06. The van der Waals surface area contributed by atoms with Crippen molar-refractivity contribution in [3.8, 4) is 0 Å². The molecule has 1 rings (SSSR count). The normalized spacial score (nSPS) is 11.8. The fourth-order valence-corrected chi connectivity index (χ4v) is 1.77. The first-order valence-corrected chi connectivity index (χ1v) is 5.10. The molecule has 0 saturated carbocycles. The van der Waals surface area contributed by atoms with Crippen molar-refractivity contribution in [1.82, 2.24) is 0 Å². The summed E-state index contributed by atoms with van der Waals surface area (Å²) < 4.78 is 31.8. The molecule has 0 fully saturated rings. The summed E-state index contributed by atoms with van der Waals surface area (Å²) >= 11 is 0. The van der Waals surface area contributed by atoms with Gasteiger partial charge in [-0.1, -0.05) is 30.3 Å². The van der Waals surface area contributed by atoms with Gasteiger partial charge in [0.05, 0.1) is 5.97 Å². The van der Waals surface area contributed by atoms with Crippen LogP contribution in [0.25, 0.3) is 0 Å². The van der Waals surface area contributed by atoms with E-state index in [4.69, 9.17) is 0 Å². The van der Waals surface area contributed by atoms with Crippen molar-refractivity contribution in [2.45, 2.75) is 5.25 Å². The van der Waals surface area contributed by atoms with Crippen LogP contribution in [0.2, 0.25) is 0 Å². The molecule has 0 aliphatic rings. The number of carbonyl (C=O) groups excluding carboxylic acids is 1. The zero-order chi connectivity index (χ0) is 10.8. The van der Waals surface area contributed by atoms with Gasteiger partial charge < -0.3 is 14.5 Å². The molecule has 0 aliphatic heterocycles. The Morgan fingerprint density at radius 3 is 1.88 bits per heavy atom. The SMILES string of the molecule is O=C([O-])C(c1ccccc1)S(=O)(=O)[O-].[Na+].[Na+]. The van der Waals surface area contributed by atoms with Crippen molar-refractivity contribution in [1.29, 1.82) is 0 Å². The number of carboxylic acid groups (broad SMARTS) is 1. The van der Waals surface area contributed by atoms with E-state index in [1.807, 2.05) is 0 Å². The Bertz CT molecular complexity index is 431. The molecular formula is C8H6Na2O5S. The molecule has 8 heteroatoms. The Hall–Kier alpha value is 0.600. The maximum atomic E-state index is 10.6. The summed E-state index contributed by atoms with van der Waals surface area (Å²) in [6.07, 6.45) is 0. The van der Waals surface area contributed by atoms with E-state index in [2.05, 4.69) is 0 Å². The standard InChI is InChI=1S/C8H8O5S.2Na/c9-8(10)7(14(11,12)13)6-4-2-1-3-5-6;;/h1-5,7H,(H,9,10)(H,11,12,13);;/q;2*+1/p-2. The number of rotatable bonds is 3. The van der Waals surface area contributed by atoms with Gasteiger partial charge in [0.15, 0.2) is 0 Å². The summed E-state index contributed by atoms with van der Waals surface area (Å²) in [5, 5.41) is 8.32. The summed E-state index contributed by atoms with van der Waals surface area (Å²) in [7, 11) is -4.93. The van der Waals surface area contributed by atoms with Crippen LogP contribution in [-0.2, 0) is 14.9 Å². The molecule has 1 aromatic carbocycles. The quantitative estimate of drug-likeness (QED) is 0.397. The third kappa shape index (κ3) is 5.29. The molecule has 0 spiro atoms. The van der Waals surface area contributed by atoms with E-state index < -0.39 is 21.3 Å². The molecular weight excluding hydrogens is 254 g/mol. The van der Waals surface area contributed by atoms with E-state index in [1.54, 1.807) is 6.07 Å². The summed E-state index contributed by atoms with van der Waals surface area (Å²) in [6.45, 7) is 0. The van der Waals surface area contributed by atoms with Gasteiger partial charge in [-0.15, -0.1) is 0 Å². The van der Waals surface area contributed by atoms with E-state index in [0.29, 0.717) is 0 Å². The first-order valence-electron chi connectivity index (χ1n) is 3.63. The summed E-state index contributed by atoms with van der Waals surface area (Å²) in [5.74, 6) is -1.91. The van der Waals surface area contributed by atoms with Crippen LogP contribution in [0.1, 0.15) is 10.8 Å². The fraction of sp³-hybridized carbons (Fsp3) is 0.125. The van der Waals surface area contributed by atoms with E-state index in [0.717, 1.165) is 0 Å². The minimum Gasteiger partial charge on any atom is -0.747 e. The van der Waals surface area contributed by atoms with Crippen molar-refractivity contribution in [3.05, 3.63) is 35.9 Å². The van der Waals surface area contributed by atoms with Crippen molar-refractivity contribution >= 4 is 16.1 Å². The number of hydrogen-bond acceptors (Lipinski definition) is 5. The Kier molecular flexibility index (Phi) is 9.28. The Balaban J connectivity index is 0. The zero-order valence-electron chi connectivity index (χ0n) is 8.91. The van der Waals surface area contributed by atoms with Crippen LogP contribution in [0.3, 0.4) is 0 Å². The minimum atomic E-state index is -4.93. The summed E-state index contributed by atoms with van der Waals surface area (Å²) in [5.41, 5.74) is -0.0949. The van der Waals surface area contributed by atoms with Gasteiger partial charge in [-0.05, 0) is 5.56 Å². The zero-order valence-corrected chi connectivity index (χ0v) is 13.7. The van der Waals surface area contributed by atoms with Gasteiger partial charge in [-0.3, -0.25) is 0 Å². The van der Waals surface area contributed by atoms with Gasteiger partial charge in [-0.25, -0.2) is 8.42 Å². The minimum absolute atomic E-state index is 0. The number of benzene rings is 1. The molecule has 0 radical (unpaired) electrons. The van der Waals surface area contributed by atoms with Gasteiger partial charge >= 0.3 is 59.1 Å². The van der Waals surface area contributed by atoms with Crippen molar-refractivity contribution in [2.24, 2.45) is 0 Å². The molecule has 1 atom stereocenters. The predicted molar refractivity (Wildman–Crippen MR) is 43.9 cm³/mol. The van der Waals surface area contributed by atoms with Crippen LogP contribution in [-0.4, -0.2) is 18.9 Å².